The van der Waals surface area contributed by atoms with Crippen molar-refractivity contribution >= 4 is 29.1 Å². The Labute approximate surface area is 208 Å². The SMILES string of the molecule is C=CC(=O)N1CCN2C(=O)c3c(N4CCC[C@H]4C)cc(-c4c(O)cccc4F)c(Cl)c3OC[C@H]2C1. The molecule has 0 bridgehead atoms. The molecule has 2 aromatic rings. The molecule has 2 atom stereocenters. The molecule has 2 saturated heterocycles. The van der Waals surface area contributed by atoms with Gasteiger partial charge in [0.2, 0.25) is 5.91 Å². The van der Waals surface area contributed by atoms with E-state index in [0.717, 1.165) is 19.4 Å². The largest absolute Gasteiger partial charge is 0.507 e. The lowest BCUT2D eigenvalue weighted by Gasteiger charge is -2.39. The zero-order valence-corrected chi connectivity index (χ0v) is 20.2. The molecule has 0 aliphatic carbocycles. The van der Waals surface area contributed by atoms with Crippen molar-refractivity contribution in [2.45, 2.75) is 31.8 Å². The Morgan fingerprint density at radius 1 is 1.26 bits per heavy atom. The summed E-state index contributed by atoms with van der Waals surface area (Å²) in [5.74, 6) is -1.11. The maximum atomic E-state index is 14.9. The highest BCUT2D eigenvalue weighted by molar-refractivity contribution is 6.36. The van der Waals surface area contributed by atoms with Crippen LogP contribution < -0.4 is 9.64 Å². The molecule has 0 saturated carbocycles. The molecule has 35 heavy (non-hydrogen) atoms. The Hall–Kier alpha value is -3.26. The van der Waals surface area contributed by atoms with Crippen molar-refractivity contribution < 1.29 is 23.8 Å². The number of hydrogen-bond donors (Lipinski definition) is 1. The smallest absolute Gasteiger partial charge is 0.260 e. The van der Waals surface area contributed by atoms with E-state index in [4.69, 9.17) is 16.3 Å². The monoisotopic (exact) mass is 499 g/mol. The number of benzene rings is 2. The van der Waals surface area contributed by atoms with E-state index in [0.29, 0.717) is 30.9 Å². The van der Waals surface area contributed by atoms with Crippen LogP contribution in [-0.4, -0.2) is 71.6 Å². The van der Waals surface area contributed by atoms with Crippen LogP contribution in [0, 0.1) is 5.82 Å². The minimum Gasteiger partial charge on any atom is -0.507 e. The van der Waals surface area contributed by atoms with Gasteiger partial charge in [-0.1, -0.05) is 24.2 Å². The van der Waals surface area contributed by atoms with Crippen molar-refractivity contribution in [1.82, 2.24) is 9.80 Å². The van der Waals surface area contributed by atoms with E-state index in [1.807, 2.05) is 0 Å². The number of hydrogen-bond acceptors (Lipinski definition) is 5. The van der Waals surface area contributed by atoms with E-state index in [1.54, 1.807) is 15.9 Å². The quantitative estimate of drug-likeness (QED) is 0.644. The maximum absolute atomic E-state index is 14.9. The molecule has 2 aromatic carbocycles. The second-order valence-electron chi connectivity index (χ2n) is 9.23. The van der Waals surface area contributed by atoms with E-state index >= 15 is 0 Å². The Morgan fingerprint density at radius 3 is 2.74 bits per heavy atom. The van der Waals surface area contributed by atoms with Crippen molar-refractivity contribution in [2.24, 2.45) is 0 Å². The van der Waals surface area contributed by atoms with Gasteiger partial charge in [0.15, 0.2) is 5.75 Å². The summed E-state index contributed by atoms with van der Waals surface area (Å²) in [5, 5.41) is 10.6. The Kier molecular flexibility index (Phi) is 6.09. The number of carbonyl (C=O) groups excluding carboxylic acids is 2. The molecule has 0 unspecified atom stereocenters. The van der Waals surface area contributed by atoms with Crippen molar-refractivity contribution in [2.75, 3.05) is 37.7 Å². The van der Waals surface area contributed by atoms with Crippen LogP contribution in [0.1, 0.15) is 30.1 Å². The van der Waals surface area contributed by atoms with Crippen molar-refractivity contribution in [3.05, 3.63) is 53.3 Å². The average Bonchev–Trinajstić information content (AvgIpc) is 3.21. The first kappa shape index (κ1) is 23.5. The fraction of sp³-hybridized carbons (Fsp3) is 0.385. The molecule has 9 heteroatoms. The van der Waals surface area contributed by atoms with Gasteiger partial charge in [-0.3, -0.25) is 9.59 Å². The Morgan fingerprint density at radius 2 is 2.06 bits per heavy atom. The molecule has 0 aromatic heterocycles. The molecular formula is C26H27ClFN3O4. The number of carbonyl (C=O) groups is 2. The number of nitrogens with zero attached hydrogens (tertiary/aromatic N) is 3. The number of piperazine rings is 1. The zero-order chi connectivity index (χ0) is 24.9. The van der Waals surface area contributed by atoms with Crippen LogP contribution in [0.4, 0.5) is 10.1 Å². The van der Waals surface area contributed by atoms with Crippen LogP contribution in [0.25, 0.3) is 11.1 Å². The number of halogens is 2. The van der Waals surface area contributed by atoms with Crippen LogP contribution in [0.3, 0.4) is 0 Å². The van der Waals surface area contributed by atoms with E-state index in [-0.39, 0.29) is 58.2 Å². The second-order valence-corrected chi connectivity index (χ2v) is 9.61. The minimum atomic E-state index is -0.622. The van der Waals surface area contributed by atoms with Gasteiger partial charge in [-0.05, 0) is 44.0 Å². The second kappa shape index (κ2) is 9.07. The Balaban J connectivity index is 1.67. The highest BCUT2D eigenvalue weighted by atomic mass is 35.5. The summed E-state index contributed by atoms with van der Waals surface area (Å²) >= 11 is 6.79. The third kappa shape index (κ3) is 3.89. The third-order valence-electron chi connectivity index (χ3n) is 7.19. The summed E-state index contributed by atoms with van der Waals surface area (Å²) < 4.78 is 21.1. The number of ether oxygens (including phenoxy) is 1. The Bertz CT molecular complexity index is 1200. The first-order valence-electron chi connectivity index (χ1n) is 11.8. The fourth-order valence-electron chi connectivity index (χ4n) is 5.36. The molecule has 5 rings (SSSR count). The molecule has 184 valence electrons. The number of rotatable bonds is 3. The predicted octanol–water partition coefficient (Wildman–Crippen LogP) is 4.07. The van der Waals surface area contributed by atoms with E-state index in [1.165, 1.54) is 24.3 Å². The molecule has 0 spiro atoms. The number of amides is 2. The van der Waals surface area contributed by atoms with Crippen LogP contribution >= 0.6 is 11.6 Å². The van der Waals surface area contributed by atoms with Gasteiger partial charge in [0.1, 0.15) is 23.7 Å². The van der Waals surface area contributed by atoms with E-state index in [9.17, 15) is 19.1 Å². The molecule has 3 aliphatic heterocycles. The van der Waals surface area contributed by atoms with Crippen LogP contribution in [0.15, 0.2) is 36.9 Å². The summed E-state index contributed by atoms with van der Waals surface area (Å²) in [6.45, 7) is 7.57. The van der Waals surface area contributed by atoms with Gasteiger partial charge in [-0.25, -0.2) is 4.39 Å². The summed E-state index contributed by atoms with van der Waals surface area (Å²) in [6.07, 6.45) is 3.18. The number of anilines is 1. The average molecular weight is 500 g/mol. The van der Waals surface area contributed by atoms with Crippen molar-refractivity contribution in [3.63, 3.8) is 0 Å². The number of phenols is 1. The van der Waals surface area contributed by atoms with Gasteiger partial charge in [-0.15, -0.1) is 0 Å². The van der Waals surface area contributed by atoms with Gasteiger partial charge in [0.25, 0.3) is 5.91 Å². The first-order valence-corrected chi connectivity index (χ1v) is 12.2. The molecule has 2 fully saturated rings. The molecular weight excluding hydrogens is 473 g/mol. The summed E-state index contributed by atoms with van der Waals surface area (Å²) in [7, 11) is 0. The molecule has 3 heterocycles. The van der Waals surface area contributed by atoms with E-state index in [2.05, 4.69) is 18.4 Å². The number of fused-ring (bicyclic) bond motifs is 2. The summed E-state index contributed by atoms with van der Waals surface area (Å²) in [5.41, 5.74) is 1.19. The normalized spacial score (nSPS) is 21.8. The summed E-state index contributed by atoms with van der Waals surface area (Å²) in [4.78, 5) is 31.6. The van der Waals surface area contributed by atoms with Gasteiger partial charge in [0, 0.05) is 37.8 Å². The zero-order valence-electron chi connectivity index (χ0n) is 19.5. The molecule has 7 nitrogen and oxygen atoms in total. The predicted molar refractivity (Wildman–Crippen MR) is 132 cm³/mol. The first-order chi connectivity index (χ1) is 16.8. The third-order valence-corrected chi connectivity index (χ3v) is 7.56. The number of phenolic OH excluding ortho intramolecular Hbond substituents is 1. The molecule has 1 N–H and O–H groups in total. The van der Waals surface area contributed by atoms with Gasteiger partial charge >= 0.3 is 0 Å². The van der Waals surface area contributed by atoms with Crippen molar-refractivity contribution in [1.29, 1.82) is 0 Å². The van der Waals surface area contributed by atoms with Crippen molar-refractivity contribution in [3.8, 4) is 22.6 Å². The minimum absolute atomic E-state index is 0.0332. The molecule has 3 aliphatic rings. The highest BCUT2D eigenvalue weighted by Gasteiger charge is 2.40. The molecule has 2 amide bonds. The lowest BCUT2D eigenvalue weighted by atomic mass is 9.97. The van der Waals surface area contributed by atoms with Crippen LogP contribution in [0.2, 0.25) is 5.02 Å². The fourth-order valence-corrected chi connectivity index (χ4v) is 5.66. The van der Waals surface area contributed by atoms with Gasteiger partial charge in [-0.2, -0.15) is 0 Å². The topological polar surface area (TPSA) is 73.3 Å². The summed E-state index contributed by atoms with van der Waals surface area (Å²) in [6, 6.07) is 5.57. The van der Waals surface area contributed by atoms with Gasteiger partial charge < -0.3 is 24.5 Å². The lowest BCUT2D eigenvalue weighted by Crippen LogP contribution is -2.57. The standard InChI is InChI=1S/C26H27ClFN3O4/c1-3-21(33)29-10-11-31-16(13-29)14-35-25-23(26(31)34)19(30-9-5-6-15(30)2)12-17(24(25)27)22-18(28)7-4-8-20(22)32/h3-4,7-8,12,15-16,32H,1,5-6,9-11,13-14H2,2H3/t15-,16-/m1/s1. The molecule has 0 radical (unpaired) electrons. The maximum Gasteiger partial charge on any atom is 0.260 e. The van der Waals surface area contributed by atoms with Crippen LogP contribution in [0.5, 0.6) is 11.5 Å². The lowest BCUT2D eigenvalue weighted by molar-refractivity contribution is -0.128. The highest BCUT2D eigenvalue weighted by Crippen LogP contribution is 2.48. The van der Waals surface area contributed by atoms with Gasteiger partial charge in [0.05, 0.1) is 22.3 Å². The number of aromatic hydroxyl groups is 1. The van der Waals surface area contributed by atoms with E-state index < -0.39 is 5.82 Å². The van der Waals surface area contributed by atoms with Crippen LogP contribution in [-0.2, 0) is 4.79 Å².